The van der Waals surface area contributed by atoms with Gasteiger partial charge in [-0.1, -0.05) is 0 Å². The first-order chi connectivity index (χ1) is 9.71. The number of hydrogen-bond acceptors (Lipinski definition) is 3. The van der Waals surface area contributed by atoms with Crippen molar-refractivity contribution in [2.45, 2.75) is 13.8 Å². The quantitative estimate of drug-likeness (QED) is 0.441. The van der Waals surface area contributed by atoms with Crippen LogP contribution in [0.15, 0.2) is 40.8 Å². The lowest BCUT2D eigenvalue weighted by Gasteiger charge is -2.06. The van der Waals surface area contributed by atoms with Crippen LogP contribution >= 0.6 is 0 Å². The van der Waals surface area contributed by atoms with Crippen LogP contribution in [0.25, 0.3) is 22.6 Å². The Morgan fingerprint density at radius 3 is 2.65 bits per heavy atom. The van der Waals surface area contributed by atoms with Crippen molar-refractivity contribution in [1.29, 1.82) is 0 Å². The second kappa shape index (κ2) is 4.96. The molecule has 0 aromatic heterocycles. The van der Waals surface area contributed by atoms with Crippen molar-refractivity contribution >= 4 is 16.8 Å². The highest BCUT2D eigenvalue weighted by Gasteiger charge is 2.11. The maximum Gasteiger partial charge on any atom is 0.203 e. The van der Waals surface area contributed by atoms with Crippen LogP contribution in [-0.2, 0) is 0 Å². The fourth-order valence-electron chi connectivity index (χ4n) is 2.42. The minimum atomic E-state index is 0.683. The number of nitrogen functional groups attached to an aromatic ring is 1. The summed E-state index contributed by atoms with van der Waals surface area (Å²) in [6.07, 6.45) is 0. The molecule has 0 bridgehead atoms. The number of aromatic nitrogens is 1. The van der Waals surface area contributed by atoms with E-state index in [4.69, 9.17) is 10.2 Å². The first kappa shape index (κ1) is 12.7. The highest BCUT2D eigenvalue weighted by molar-refractivity contribution is 5.79. The summed E-state index contributed by atoms with van der Waals surface area (Å²) >= 11 is 0. The molecule has 20 heavy (non-hydrogen) atoms. The van der Waals surface area contributed by atoms with Crippen LogP contribution in [0.3, 0.4) is 0 Å². The van der Waals surface area contributed by atoms with Crippen LogP contribution in [0.5, 0.6) is 0 Å². The van der Waals surface area contributed by atoms with Crippen molar-refractivity contribution in [1.82, 2.24) is 9.56 Å². The SMILES string of the molecule is CC[N+](CC)=c1ccc2nc3ccc(N)cc3oc-2c1. The summed E-state index contributed by atoms with van der Waals surface area (Å²) in [7, 11) is 0. The summed E-state index contributed by atoms with van der Waals surface area (Å²) in [6, 6.07) is 11.7. The lowest BCUT2D eigenvalue weighted by Crippen LogP contribution is -2.29. The van der Waals surface area contributed by atoms with E-state index < -0.39 is 0 Å². The van der Waals surface area contributed by atoms with E-state index >= 15 is 0 Å². The van der Waals surface area contributed by atoms with E-state index in [1.54, 1.807) is 0 Å². The van der Waals surface area contributed by atoms with Gasteiger partial charge in [0.15, 0.2) is 11.3 Å². The molecule has 0 unspecified atom stereocenters. The predicted octanol–water partition coefficient (Wildman–Crippen LogP) is 2.33. The number of benzene rings is 2. The maximum atomic E-state index is 5.94. The van der Waals surface area contributed by atoms with Crippen molar-refractivity contribution in [3.05, 3.63) is 41.8 Å². The molecule has 4 heteroatoms. The maximum absolute atomic E-state index is 5.94. The van der Waals surface area contributed by atoms with Gasteiger partial charge in [0.2, 0.25) is 5.36 Å². The molecule has 4 nitrogen and oxygen atoms in total. The van der Waals surface area contributed by atoms with E-state index in [0.717, 1.165) is 35.4 Å². The van der Waals surface area contributed by atoms with Crippen LogP contribution in [0.1, 0.15) is 13.8 Å². The molecule has 2 N–H and O–H groups in total. The van der Waals surface area contributed by atoms with Crippen LogP contribution in [0, 0.1) is 0 Å². The summed E-state index contributed by atoms with van der Waals surface area (Å²) in [5.74, 6) is 0.785. The van der Waals surface area contributed by atoms with Crippen LogP contribution in [0.2, 0.25) is 0 Å². The molecule has 2 aliphatic rings. The zero-order chi connectivity index (χ0) is 14.1. The van der Waals surface area contributed by atoms with Gasteiger partial charge in [0.05, 0.1) is 6.07 Å². The van der Waals surface area contributed by atoms with Gasteiger partial charge in [-0.3, -0.25) is 0 Å². The Labute approximate surface area is 117 Å². The number of rotatable bonds is 2. The highest BCUT2D eigenvalue weighted by Crippen LogP contribution is 2.24. The molecule has 0 fully saturated rings. The van der Waals surface area contributed by atoms with Gasteiger partial charge in [-0.15, -0.1) is 0 Å². The average Bonchev–Trinajstić information content (AvgIpc) is 2.46. The van der Waals surface area contributed by atoms with Gasteiger partial charge in [0.1, 0.15) is 24.3 Å². The number of nitrogens with two attached hydrogens (primary N) is 1. The van der Waals surface area contributed by atoms with Gasteiger partial charge in [-0.2, -0.15) is 0 Å². The fraction of sp³-hybridized carbons (Fsp3) is 0.250. The van der Waals surface area contributed by atoms with Crippen molar-refractivity contribution in [2.24, 2.45) is 0 Å². The number of nitrogens with zero attached hydrogens (tertiary/aromatic N) is 2. The summed E-state index contributed by atoms with van der Waals surface area (Å²) in [6.45, 7) is 6.22. The van der Waals surface area contributed by atoms with Crippen LogP contribution in [0.4, 0.5) is 5.69 Å². The van der Waals surface area contributed by atoms with Crippen LogP contribution in [-0.4, -0.2) is 18.1 Å². The van der Waals surface area contributed by atoms with E-state index in [9.17, 15) is 0 Å². The molecule has 102 valence electrons. The second-order valence-corrected chi connectivity index (χ2v) is 4.77. The van der Waals surface area contributed by atoms with Crippen molar-refractivity contribution in [2.75, 3.05) is 18.8 Å². The molecule has 0 radical (unpaired) electrons. The van der Waals surface area contributed by atoms with Gasteiger partial charge in [0.25, 0.3) is 0 Å². The fourth-order valence-corrected chi connectivity index (χ4v) is 2.42. The van der Waals surface area contributed by atoms with Gasteiger partial charge in [-0.05, 0) is 32.0 Å². The Morgan fingerprint density at radius 2 is 1.90 bits per heavy atom. The third-order valence-corrected chi connectivity index (χ3v) is 3.52. The average molecular weight is 268 g/mol. The smallest absolute Gasteiger partial charge is 0.203 e. The van der Waals surface area contributed by atoms with E-state index in [-0.39, 0.29) is 0 Å². The zero-order valence-electron chi connectivity index (χ0n) is 11.8. The second-order valence-electron chi connectivity index (χ2n) is 4.77. The minimum absolute atomic E-state index is 0.683. The summed E-state index contributed by atoms with van der Waals surface area (Å²) in [5.41, 5.74) is 8.87. The molecule has 1 aliphatic heterocycles. The number of hydrogen-bond donors (Lipinski definition) is 1. The number of fused-ring (bicyclic) bond motifs is 2. The molecule has 1 aromatic carbocycles. The van der Waals surface area contributed by atoms with Gasteiger partial charge in [0, 0.05) is 17.8 Å². The first-order valence-electron chi connectivity index (χ1n) is 6.89. The third-order valence-electron chi connectivity index (χ3n) is 3.52. The molecule has 0 spiro atoms. The summed E-state index contributed by atoms with van der Waals surface area (Å²) < 4.78 is 8.21. The molecule has 0 saturated carbocycles. The third kappa shape index (κ3) is 2.13. The van der Waals surface area contributed by atoms with E-state index in [2.05, 4.69) is 29.5 Å². The predicted molar refractivity (Wildman–Crippen MR) is 81.4 cm³/mol. The standard InChI is InChI=1S/C16H17N3O/c1-3-19(4-2)12-6-8-14-16(10-12)20-15-9-11(17)5-7-13(15)18-14/h5-10,17H,3-4H2,1-2H3/p+1. The highest BCUT2D eigenvalue weighted by atomic mass is 16.3. The molecular formula is C16H18N3O+. The summed E-state index contributed by atoms with van der Waals surface area (Å²) in [5, 5.41) is 1.15. The summed E-state index contributed by atoms with van der Waals surface area (Å²) in [4.78, 5) is 4.60. The monoisotopic (exact) mass is 268 g/mol. The van der Waals surface area contributed by atoms with Crippen molar-refractivity contribution < 1.29 is 4.42 Å². The Hall–Kier alpha value is -2.36. The van der Waals surface area contributed by atoms with Crippen molar-refractivity contribution in [3.63, 3.8) is 0 Å². The molecule has 1 aromatic rings. The molecule has 0 amide bonds. The Bertz CT molecular complexity index is 798. The largest absolute Gasteiger partial charge is 0.452 e. The van der Waals surface area contributed by atoms with Gasteiger partial charge < -0.3 is 10.2 Å². The lowest BCUT2D eigenvalue weighted by atomic mass is 10.2. The topological polar surface area (TPSA) is 55.1 Å². The van der Waals surface area contributed by atoms with E-state index in [1.165, 1.54) is 0 Å². The molecule has 1 heterocycles. The molecule has 1 aliphatic carbocycles. The molecular weight excluding hydrogens is 250 g/mol. The normalized spacial score (nSPS) is 11.1. The Kier molecular flexibility index (Phi) is 3.14. The number of anilines is 1. The van der Waals surface area contributed by atoms with Crippen LogP contribution < -0.4 is 15.7 Å². The van der Waals surface area contributed by atoms with E-state index in [0.29, 0.717) is 11.3 Å². The zero-order valence-corrected chi connectivity index (χ0v) is 11.8. The lowest BCUT2D eigenvalue weighted by molar-refractivity contribution is 0.600. The van der Waals surface area contributed by atoms with Crippen molar-refractivity contribution in [3.8, 4) is 11.5 Å². The van der Waals surface area contributed by atoms with Gasteiger partial charge >= 0.3 is 0 Å². The van der Waals surface area contributed by atoms with Gasteiger partial charge in [-0.25, -0.2) is 9.56 Å². The molecule has 0 saturated heterocycles. The minimum Gasteiger partial charge on any atom is -0.452 e. The molecule has 0 atom stereocenters. The first-order valence-corrected chi connectivity index (χ1v) is 6.89. The Morgan fingerprint density at radius 1 is 1.10 bits per heavy atom. The molecule has 3 rings (SSSR count). The van der Waals surface area contributed by atoms with E-state index in [1.807, 2.05) is 30.3 Å². The Balaban J connectivity index is 2.32.